The molecule has 0 aromatic heterocycles. The zero-order valence-electron chi connectivity index (χ0n) is 9.53. The Balaban J connectivity index is 0.00000196. The fourth-order valence-electron chi connectivity index (χ4n) is 0.997. The summed E-state index contributed by atoms with van der Waals surface area (Å²) in [6.45, 7) is 6.87. The summed E-state index contributed by atoms with van der Waals surface area (Å²) >= 11 is 0. The summed E-state index contributed by atoms with van der Waals surface area (Å²) in [5, 5.41) is 0. The molecule has 2 N–H and O–H groups in total. The maximum atomic E-state index is 5.85. The molecule has 0 aliphatic heterocycles. The zero-order chi connectivity index (χ0) is 10.6. The van der Waals surface area contributed by atoms with Gasteiger partial charge in [0, 0.05) is 5.41 Å². The summed E-state index contributed by atoms with van der Waals surface area (Å²) in [6.07, 6.45) is 0. The Hall–Kier alpha value is -1.02. The molecule has 0 bridgehead atoms. The van der Waals surface area contributed by atoms with Gasteiger partial charge in [-0.1, -0.05) is 51.1 Å². The van der Waals surface area contributed by atoms with Crippen LogP contribution in [0.15, 0.2) is 35.3 Å². The van der Waals surface area contributed by atoms with E-state index < -0.39 is 0 Å². The number of hydrogen-bond donors (Lipinski definition) is 1. The van der Waals surface area contributed by atoms with Crippen molar-refractivity contribution in [3.63, 3.8) is 0 Å². The normalized spacial score (nSPS) is 12.1. The highest BCUT2D eigenvalue weighted by Gasteiger charge is 2.14. The third-order valence-electron chi connectivity index (χ3n) is 2.04. The van der Waals surface area contributed by atoms with E-state index in [0.717, 1.165) is 0 Å². The monoisotopic (exact) mass is 226 g/mol. The first kappa shape index (κ1) is 14.0. The highest BCUT2D eigenvalue weighted by atomic mass is 35.5. The van der Waals surface area contributed by atoms with E-state index in [4.69, 9.17) is 5.73 Å². The molecule has 0 radical (unpaired) electrons. The molecule has 0 unspecified atom stereocenters. The molecule has 1 aromatic carbocycles. The van der Waals surface area contributed by atoms with Gasteiger partial charge in [0.05, 0.1) is 12.4 Å². The van der Waals surface area contributed by atoms with Crippen molar-refractivity contribution in [1.29, 1.82) is 0 Å². The minimum atomic E-state index is -0.0330. The molecule has 0 amide bonds. The fraction of sp³-hybridized carbons (Fsp3) is 0.417. The Morgan fingerprint density at radius 1 is 1.20 bits per heavy atom. The minimum absolute atomic E-state index is 0. The van der Waals surface area contributed by atoms with E-state index in [1.165, 1.54) is 5.56 Å². The number of aliphatic imine (C=N–C) groups is 1. The van der Waals surface area contributed by atoms with Crippen LogP contribution in [0.1, 0.15) is 26.3 Å². The summed E-state index contributed by atoms with van der Waals surface area (Å²) in [5.74, 6) is 0.710. The smallest absolute Gasteiger partial charge is 0.0995 e. The van der Waals surface area contributed by atoms with E-state index in [9.17, 15) is 0 Å². The van der Waals surface area contributed by atoms with Gasteiger partial charge in [0.15, 0.2) is 0 Å². The maximum Gasteiger partial charge on any atom is 0.0995 e. The predicted octanol–water partition coefficient (Wildman–Crippen LogP) is 3.01. The van der Waals surface area contributed by atoms with E-state index in [0.29, 0.717) is 12.4 Å². The third kappa shape index (κ3) is 4.84. The molecule has 0 atom stereocenters. The standard InChI is InChI=1S/C12H18N2.ClH/c1-12(2,3)11(13)14-9-10-7-5-4-6-8-10;/h4-8H,9H2,1-3H3,(H2,13,14);1H. The predicted molar refractivity (Wildman–Crippen MR) is 68.5 cm³/mol. The third-order valence-corrected chi connectivity index (χ3v) is 2.04. The fourth-order valence-corrected chi connectivity index (χ4v) is 0.997. The van der Waals surface area contributed by atoms with Gasteiger partial charge in [0.2, 0.25) is 0 Å². The van der Waals surface area contributed by atoms with Crippen molar-refractivity contribution >= 4 is 18.2 Å². The van der Waals surface area contributed by atoms with Gasteiger partial charge in [-0.3, -0.25) is 4.99 Å². The van der Waals surface area contributed by atoms with E-state index >= 15 is 0 Å². The molecular formula is C12H19ClN2. The van der Waals surface area contributed by atoms with Crippen LogP contribution in [0.2, 0.25) is 0 Å². The Kier molecular flexibility index (Phi) is 5.37. The summed E-state index contributed by atoms with van der Waals surface area (Å²) in [5.41, 5.74) is 7.01. The first-order valence-corrected chi connectivity index (χ1v) is 4.84. The van der Waals surface area contributed by atoms with Gasteiger partial charge in [0.25, 0.3) is 0 Å². The lowest BCUT2D eigenvalue weighted by molar-refractivity contribution is 0.581. The quantitative estimate of drug-likeness (QED) is 0.611. The largest absolute Gasteiger partial charge is 0.387 e. The van der Waals surface area contributed by atoms with Crippen molar-refractivity contribution in [2.45, 2.75) is 27.3 Å². The molecule has 0 aliphatic rings. The molecule has 0 spiro atoms. The molecule has 0 saturated heterocycles. The SMILES string of the molecule is CC(C)(C)C(N)=NCc1ccccc1.Cl. The lowest BCUT2D eigenvalue weighted by atomic mass is 9.95. The van der Waals surface area contributed by atoms with Gasteiger partial charge in [-0.2, -0.15) is 0 Å². The van der Waals surface area contributed by atoms with Crippen molar-refractivity contribution in [1.82, 2.24) is 0 Å². The van der Waals surface area contributed by atoms with E-state index in [-0.39, 0.29) is 17.8 Å². The van der Waals surface area contributed by atoms with Gasteiger partial charge >= 0.3 is 0 Å². The van der Waals surface area contributed by atoms with Crippen molar-refractivity contribution < 1.29 is 0 Å². The number of hydrogen-bond acceptors (Lipinski definition) is 1. The molecule has 0 aliphatic carbocycles. The number of halogens is 1. The molecule has 1 aromatic rings. The lowest BCUT2D eigenvalue weighted by Gasteiger charge is -2.17. The van der Waals surface area contributed by atoms with Crippen LogP contribution in [0.4, 0.5) is 0 Å². The van der Waals surface area contributed by atoms with Gasteiger partial charge < -0.3 is 5.73 Å². The van der Waals surface area contributed by atoms with Crippen LogP contribution in [0, 0.1) is 5.41 Å². The van der Waals surface area contributed by atoms with Crippen molar-refractivity contribution in [3.8, 4) is 0 Å². The molecule has 0 fully saturated rings. The van der Waals surface area contributed by atoms with Crippen LogP contribution in [0.25, 0.3) is 0 Å². The molecule has 0 heterocycles. The number of nitrogens with two attached hydrogens (primary N) is 1. The van der Waals surface area contributed by atoms with Gasteiger partial charge in [-0.25, -0.2) is 0 Å². The average molecular weight is 227 g/mol. The van der Waals surface area contributed by atoms with Gasteiger partial charge in [0.1, 0.15) is 0 Å². The van der Waals surface area contributed by atoms with Crippen molar-refractivity contribution in [2.75, 3.05) is 0 Å². The minimum Gasteiger partial charge on any atom is -0.387 e. The van der Waals surface area contributed by atoms with Crippen molar-refractivity contribution in [3.05, 3.63) is 35.9 Å². The summed E-state index contributed by atoms with van der Waals surface area (Å²) in [7, 11) is 0. The molecule has 3 heteroatoms. The molecular weight excluding hydrogens is 208 g/mol. The molecule has 2 nitrogen and oxygen atoms in total. The van der Waals surface area contributed by atoms with Gasteiger partial charge in [-0.05, 0) is 5.56 Å². The van der Waals surface area contributed by atoms with Crippen LogP contribution in [-0.4, -0.2) is 5.84 Å². The lowest BCUT2D eigenvalue weighted by Crippen LogP contribution is -2.28. The zero-order valence-corrected chi connectivity index (χ0v) is 10.3. The second kappa shape index (κ2) is 5.76. The number of benzene rings is 1. The van der Waals surface area contributed by atoms with Crippen LogP contribution in [0.3, 0.4) is 0 Å². The molecule has 1 rings (SSSR count). The number of rotatable bonds is 2. The highest BCUT2D eigenvalue weighted by molar-refractivity contribution is 5.85. The summed E-state index contributed by atoms with van der Waals surface area (Å²) in [4.78, 5) is 4.36. The van der Waals surface area contributed by atoms with Crippen LogP contribution in [-0.2, 0) is 6.54 Å². The van der Waals surface area contributed by atoms with Crippen LogP contribution >= 0.6 is 12.4 Å². The maximum absolute atomic E-state index is 5.85. The highest BCUT2D eigenvalue weighted by Crippen LogP contribution is 2.13. The summed E-state index contributed by atoms with van der Waals surface area (Å²) < 4.78 is 0. The van der Waals surface area contributed by atoms with Crippen molar-refractivity contribution in [2.24, 2.45) is 16.1 Å². The molecule has 15 heavy (non-hydrogen) atoms. The van der Waals surface area contributed by atoms with E-state index in [1.807, 2.05) is 18.2 Å². The number of amidine groups is 1. The second-order valence-corrected chi connectivity index (χ2v) is 4.44. The van der Waals surface area contributed by atoms with E-state index in [1.54, 1.807) is 0 Å². The molecule has 84 valence electrons. The van der Waals surface area contributed by atoms with Crippen LogP contribution < -0.4 is 5.73 Å². The summed E-state index contributed by atoms with van der Waals surface area (Å²) in [6, 6.07) is 10.1. The van der Waals surface area contributed by atoms with E-state index in [2.05, 4.69) is 37.9 Å². The average Bonchev–Trinajstić information content (AvgIpc) is 2.14. The number of nitrogens with zero attached hydrogens (tertiary/aromatic N) is 1. The Labute approximate surface area is 98.0 Å². The first-order valence-electron chi connectivity index (χ1n) is 4.84. The molecule has 0 saturated carbocycles. The van der Waals surface area contributed by atoms with Gasteiger partial charge in [-0.15, -0.1) is 12.4 Å². The first-order chi connectivity index (χ1) is 6.50. The topological polar surface area (TPSA) is 38.4 Å². The van der Waals surface area contributed by atoms with Crippen LogP contribution in [0.5, 0.6) is 0 Å². The Bertz CT molecular complexity index is 312. The Morgan fingerprint density at radius 2 is 1.73 bits per heavy atom. The Morgan fingerprint density at radius 3 is 2.20 bits per heavy atom. The second-order valence-electron chi connectivity index (χ2n) is 4.44.